The molecular formula is C17H13N2O5S-. The maximum atomic E-state index is 12.8. The number of nitrogens with two attached hydrogens (primary N) is 1. The summed E-state index contributed by atoms with van der Waals surface area (Å²) >= 11 is 0. The predicted octanol–water partition coefficient (Wildman–Crippen LogP) is 0.0880. The first-order valence-electron chi connectivity index (χ1n) is 7.25. The predicted molar refractivity (Wildman–Crippen MR) is 87.2 cm³/mol. The van der Waals surface area contributed by atoms with Crippen molar-refractivity contribution in [2.45, 2.75) is 4.90 Å². The summed E-state index contributed by atoms with van der Waals surface area (Å²) < 4.78 is 26.1. The summed E-state index contributed by atoms with van der Waals surface area (Å²) in [7, 11) is -4.26. The Morgan fingerprint density at radius 2 is 1.64 bits per heavy atom. The first kappa shape index (κ1) is 16.7. The van der Waals surface area contributed by atoms with Crippen molar-refractivity contribution in [1.29, 1.82) is 0 Å². The molecule has 7 nitrogen and oxygen atoms in total. The number of amides is 1. The molecule has 25 heavy (non-hydrogen) atoms. The number of benzene rings is 2. The summed E-state index contributed by atoms with van der Waals surface area (Å²) in [5.74, 6) is -2.53. The van der Waals surface area contributed by atoms with Crippen LogP contribution in [0.25, 0.3) is 5.76 Å². The Hall–Kier alpha value is -3.13. The first-order valence-corrected chi connectivity index (χ1v) is 8.69. The molecule has 1 amide bonds. The van der Waals surface area contributed by atoms with Gasteiger partial charge in [0.15, 0.2) is 0 Å². The number of hydrogen-bond donors (Lipinski definition) is 1. The largest absolute Gasteiger partial charge is 0.871 e. The maximum absolute atomic E-state index is 12.8. The van der Waals surface area contributed by atoms with E-state index in [1.165, 1.54) is 36.4 Å². The smallest absolute Gasteiger partial charge is 0.265 e. The van der Waals surface area contributed by atoms with E-state index in [1.54, 1.807) is 18.2 Å². The second-order valence-corrected chi connectivity index (χ2v) is 7.18. The molecule has 8 heteroatoms. The molecule has 0 radical (unpaired) electrons. The van der Waals surface area contributed by atoms with Gasteiger partial charge in [-0.25, -0.2) is 8.42 Å². The van der Waals surface area contributed by atoms with Crippen LogP contribution in [0.15, 0.2) is 65.2 Å². The summed E-state index contributed by atoms with van der Waals surface area (Å²) in [6, 6.07) is 13.3. The van der Waals surface area contributed by atoms with E-state index in [9.17, 15) is 23.1 Å². The molecule has 0 saturated heterocycles. The Morgan fingerprint density at radius 1 is 1.04 bits per heavy atom. The van der Waals surface area contributed by atoms with E-state index in [-0.39, 0.29) is 16.0 Å². The number of primary amides is 1. The minimum absolute atomic E-state index is 0.109. The third kappa shape index (κ3) is 2.76. The first-order chi connectivity index (χ1) is 11.8. The highest BCUT2D eigenvalue weighted by Gasteiger charge is 2.40. The van der Waals surface area contributed by atoms with E-state index in [1.807, 2.05) is 0 Å². The van der Waals surface area contributed by atoms with Crippen LogP contribution in [0, 0.1) is 0 Å². The van der Waals surface area contributed by atoms with E-state index in [2.05, 4.69) is 0 Å². The number of allylic oxidation sites excluding steroid dienone is 1. The minimum Gasteiger partial charge on any atom is -0.871 e. The fourth-order valence-corrected chi connectivity index (χ4v) is 4.24. The molecule has 0 unspecified atom stereocenters. The molecule has 3 rings (SSSR count). The molecule has 0 aliphatic carbocycles. The van der Waals surface area contributed by atoms with E-state index in [0.29, 0.717) is 4.31 Å². The Kier molecular flexibility index (Phi) is 4.05. The topological polar surface area (TPSA) is 121 Å². The van der Waals surface area contributed by atoms with Gasteiger partial charge in [-0.2, -0.15) is 0 Å². The molecule has 0 fully saturated rings. The summed E-state index contributed by atoms with van der Waals surface area (Å²) in [6.07, 6.45) is 0. The van der Waals surface area contributed by atoms with Crippen LogP contribution in [-0.2, 0) is 14.8 Å². The highest BCUT2D eigenvalue weighted by Crippen LogP contribution is 2.34. The lowest BCUT2D eigenvalue weighted by atomic mass is 10.0. The van der Waals surface area contributed by atoms with Crippen LogP contribution in [0.4, 0.5) is 0 Å². The van der Waals surface area contributed by atoms with Crippen molar-refractivity contribution in [2.24, 2.45) is 5.73 Å². The van der Waals surface area contributed by atoms with Gasteiger partial charge >= 0.3 is 0 Å². The number of nitrogens with zero attached hydrogens (tertiary/aromatic N) is 1. The van der Waals surface area contributed by atoms with Crippen LogP contribution in [0.2, 0.25) is 0 Å². The normalized spacial score (nSPS) is 17.8. The van der Waals surface area contributed by atoms with Gasteiger partial charge in [0.05, 0.1) is 10.6 Å². The molecule has 2 N–H and O–H groups in total. The molecule has 0 aromatic heterocycles. The third-order valence-electron chi connectivity index (χ3n) is 3.71. The maximum Gasteiger partial charge on any atom is 0.265 e. The van der Waals surface area contributed by atoms with Crippen molar-refractivity contribution in [3.8, 4) is 0 Å². The molecular weight excluding hydrogens is 344 g/mol. The minimum atomic E-state index is -4.26. The second kappa shape index (κ2) is 6.06. The zero-order valence-electron chi connectivity index (χ0n) is 12.9. The molecule has 2 aromatic carbocycles. The summed E-state index contributed by atoms with van der Waals surface area (Å²) in [6.45, 7) is -0.795. The number of fused-ring (bicyclic) bond motifs is 1. The van der Waals surface area contributed by atoms with Crippen molar-refractivity contribution in [1.82, 2.24) is 4.31 Å². The van der Waals surface area contributed by atoms with Crippen LogP contribution >= 0.6 is 0 Å². The van der Waals surface area contributed by atoms with Gasteiger partial charge in [-0.15, -0.1) is 0 Å². The molecule has 2 aromatic rings. The van der Waals surface area contributed by atoms with Crippen LogP contribution in [-0.4, -0.2) is 31.0 Å². The highest BCUT2D eigenvalue weighted by molar-refractivity contribution is 7.89. The Morgan fingerprint density at radius 3 is 2.28 bits per heavy atom. The van der Waals surface area contributed by atoms with Gasteiger partial charge in [0.25, 0.3) is 10.0 Å². The van der Waals surface area contributed by atoms with E-state index in [0.717, 1.165) is 0 Å². The van der Waals surface area contributed by atoms with Crippen molar-refractivity contribution in [3.05, 3.63) is 71.4 Å². The number of carbonyl (C=O) groups excluding carboxylic acids is 2. The highest BCUT2D eigenvalue weighted by atomic mass is 32.2. The fraction of sp³-hybridized carbons (Fsp3) is 0.0588. The van der Waals surface area contributed by atoms with Gasteiger partial charge in [-0.05, 0) is 17.7 Å². The standard InChI is InChI=1S/C17H14N2O5S/c18-14(20)10-19-15(16(21)11-6-2-1-3-7-11)17(22)12-8-4-5-9-13(12)25(19,23)24/h1-9,21H,10H2,(H2,18,20)/p-1/b16-15+. The molecule has 1 heterocycles. The molecule has 0 saturated carbocycles. The van der Waals surface area contributed by atoms with Crippen LogP contribution in [0.3, 0.4) is 0 Å². The second-order valence-electron chi connectivity index (χ2n) is 5.35. The van der Waals surface area contributed by atoms with E-state index >= 15 is 0 Å². The average Bonchev–Trinajstić information content (AvgIpc) is 2.60. The van der Waals surface area contributed by atoms with E-state index in [4.69, 9.17) is 5.73 Å². The lowest BCUT2D eigenvalue weighted by Gasteiger charge is -2.34. The Bertz CT molecular complexity index is 997. The molecule has 0 atom stereocenters. The number of Topliss-reactive ketones (excluding diaryl/α,β-unsaturated/α-hetero) is 1. The number of sulfonamides is 1. The summed E-state index contributed by atoms with van der Waals surface area (Å²) in [5, 5.41) is 12.8. The lowest BCUT2D eigenvalue weighted by Crippen LogP contribution is -2.44. The van der Waals surface area contributed by atoms with Gasteiger partial charge in [0.2, 0.25) is 11.7 Å². The number of rotatable bonds is 3. The van der Waals surface area contributed by atoms with Gasteiger partial charge in [0.1, 0.15) is 6.54 Å². The number of hydrogen-bond acceptors (Lipinski definition) is 5. The summed E-state index contributed by atoms with van der Waals surface area (Å²) in [4.78, 5) is 23.9. The monoisotopic (exact) mass is 357 g/mol. The van der Waals surface area contributed by atoms with Crippen LogP contribution in [0.1, 0.15) is 15.9 Å². The van der Waals surface area contributed by atoms with Crippen molar-refractivity contribution >= 4 is 27.5 Å². The van der Waals surface area contributed by atoms with Gasteiger partial charge in [-0.1, -0.05) is 48.2 Å². The van der Waals surface area contributed by atoms with E-state index < -0.39 is 39.7 Å². The lowest BCUT2D eigenvalue weighted by molar-refractivity contribution is -0.245. The van der Waals surface area contributed by atoms with Crippen molar-refractivity contribution in [2.75, 3.05) is 6.54 Å². The summed E-state index contributed by atoms with van der Waals surface area (Å²) in [5.41, 5.74) is 4.55. The molecule has 0 bridgehead atoms. The number of ketones is 1. The molecule has 1 aliphatic heterocycles. The quantitative estimate of drug-likeness (QED) is 0.616. The Balaban J connectivity index is 2.33. The Labute approximate surface area is 144 Å². The molecule has 1 aliphatic rings. The van der Waals surface area contributed by atoms with Crippen LogP contribution in [0.5, 0.6) is 0 Å². The van der Waals surface area contributed by atoms with Gasteiger partial charge in [0, 0.05) is 5.56 Å². The van der Waals surface area contributed by atoms with Crippen LogP contribution < -0.4 is 10.8 Å². The zero-order valence-corrected chi connectivity index (χ0v) is 13.7. The van der Waals surface area contributed by atoms with Gasteiger partial charge in [-0.3, -0.25) is 13.9 Å². The number of carbonyl (C=O) groups is 2. The molecule has 0 spiro atoms. The molecule has 128 valence electrons. The zero-order chi connectivity index (χ0) is 18.2. The third-order valence-corrected chi connectivity index (χ3v) is 5.52. The SMILES string of the molecule is NC(=O)CN1/C(=C(/[O-])c2ccccc2)C(=O)c2ccccc2S1(=O)=O. The fourth-order valence-electron chi connectivity index (χ4n) is 2.61. The van der Waals surface area contributed by atoms with Crippen molar-refractivity contribution < 1.29 is 23.1 Å². The average molecular weight is 357 g/mol. The van der Waals surface area contributed by atoms with Gasteiger partial charge < -0.3 is 10.8 Å². The van der Waals surface area contributed by atoms with Crippen molar-refractivity contribution in [3.63, 3.8) is 0 Å².